The van der Waals surface area contributed by atoms with Gasteiger partial charge in [0.25, 0.3) is 0 Å². The molecule has 3 rings (SSSR count). The SMILES string of the molecule is Cc1ccc([Se](=O)(=O)c2ncn([C@H]3C[C@H](O)[C@@H](CO)O3)n2)cc1. The molecule has 3 atom stereocenters. The molecule has 2 N–H and O–H groups in total. The van der Waals surface area contributed by atoms with Crippen LogP contribution in [0.4, 0.5) is 0 Å². The topological polar surface area (TPSA) is 115 Å². The molecule has 8 nitrogen and oxygen atoms in total. The first kappa shape index (κ1) is 16.2. The van der Waals surface area contributed by atoms with Crippen LogP contribution in [0, 0.1) is 6.92 Å². The fourth-order valence-electron chi connectivity index (χ4n) is 2.39. The van der Waals surface area contributed by atoms with Gasteiger partial charge in [-0.25, -0.2) is 0 Å². The molecule has 0 bridgehead atoms. The van der Waals surface area contributed by atoms with Crippen molar-refractivity contribution in [2.24, 2.45) is 0 Å². The standard InChI is InChI=1S/C14H17N3O5Se/c1-9-2-4-10(5-3-9)23(20,21)14-15-8-17(16-14)13-6-11(19)12(7-18)22-13/h2-5,8,11-13,18-19H,6-7H2,1H3/t11-,12+,13+/m0/s1. The summed E-state index contributed by atoms with van der Waals surface area (Å²) in [6, 6.07) is 6.51. The van der Waals surface area contributed by atoms with Gasteiger partial charge in [-0.15, -0.1) is 0 Å². The number of nitrogens with zero attached hydrogens (tertiary/aromatic N) is 3. The number of aromatic nitrogens is 3. The third-order valence-electron chi connectivity index (χ3n) is 3.74. The molecule has 9 heteroatoms. The molecule has 23 heavy (non-hydrogen) atoms. The van der Waals surface area contributed by atoms with Crippen molar-refractivity contribution >= 4 is 21.9 Å². The summed E-state index contributed by atoms with van der Waals surface area (Å²) in [5.41, 5.74) is 0.962. The zero-order valence-electron chi connectivity index (χ0n) is 12.4. The monoisotopic (exact) mass is 387 g/mol. The quantitative estimate of drug-likeness (QED) is 0.624. The minimum atomic E-state index is -4.67. The number of aliphatic hydroxyl groups is 2. The van der Waals surface area contributed by atoms with Crippen molar-refractivity contribution in [3.63, 3.8) is 0 Å². The first-order valence-corrected chi connectivity index (χ1v) is 10.2. The third kappa shape index (κ3) is 3.06. The van der Waals surface area contributed by atoms with Crippen LogP contribution in [-0.2, 0) is 12.4 Å². The molecule has 0 radical (unpaired) electrons. The van der Waals surface area contributed by atoms with E-state index < -0.39 is 31.1 Å². The molecule has 124 valence electrons. The van der Waals surface area contributed by atoms with E-state index in [-0.39, 0.29) is 22.2 Å². The van der Waals surface area contributed by atoms with E-state index in [0.717, 1.165) is 5.56 Å². The Morgan fingerprint density at radius 1 is 1.35 bits per heavy atom. The fraction of sp³-hybridized carbons (Fsp3) is 0.429. The summed E-state index contributed by atoms with van der Waals surface area (Å²) in [5.74, 6) is 0. The molecule has 1 aromatic heterocycles. The van der Waals surface area contributed by atoms with Crippen LogP contribution >= 0.6 is 0 Å². The molecule has 2 heterocycles. The molecule has 0 aliphatic carbocycles. The van der Waals surface area contributed by atoms with Crippen molar-refractivity contribution in [3.8, 4) is 0 Å². The molecule has 1 aliphatic heterocycles. The van der Waals surface area contributed by atoms with Crippen LogP contribution in [0.1, 0.15) is 18.2 Å². The number of ether oxygens (including phenoxy) is 1. The van der Waals surface area contributed by atoms with Crippen LogP contribution in [0.3, 0.4) is 0 Å². The molecule has 0 amide bonds. The van der Waals surface area contributed by atoms with Gasteiger partial charge in [-0.1, -0.05) is 0 Å². The molecular weight excluding hydrogens is 369 g/mol. The molecule has 0 spiro atoms. The summed E-state index contributed by atoms with van der Waals surface area (Å²) in [4.78, 5) is 3.88. The van der Waals surface area contributed by atoms with Gasteiger partial charge in [0.05, 0.1) is 0 Å². The number of rotatable bonds is 4. The average molecular weight is 386 g/mol. The first-order chi connectivity index (χ1) is 10.9. The summed E-state index contributed by atoms with van der Waals surface area (Å²) in [7, 11) is 0. The Balaban J connectivity index is 1.86. The van der Waals surface area contributed by atoms with E-state index in [1.54, 1.807) is 12.1 Å². The van der Waals surface area contributed by atoms with Gasteiger partial charge in [0.2, 0.25) is 0 Å². The second-order valence-corrected chi connectivity index (χ2v) is 9.31. The van der Waals surface area contributed by atoms with Gasteiger partial charge in [0.15, 0.2) is 0 Å². The van der Waals surface area contributed by atoms with E-state index in [0.29, 0.717) is 0 Å². The van der Waals surface area contributed by atoms with Crippen LogP contribution < -0.4 is 9.18 Å². The second-order valence-electron chi connectivity index (χ2n) is 5.44. The minimum absolute atomic E-state index is 0.185. The maximum absolute atomic E-state index is 12.6. The molecule has 1 aliphatic rings. The predicted molar refractivity (Wildman–Crippen MR) is 79.2 cm³/mol. The molecule has 0 unspecified atom stereocenters. The molecular formula is C14H17N3O5Se. The summed E-state index contributed by atoms with van der Waals surface area (Å²) in [6.07, 6.45) is -0.685. The molecule has 2 aromatic rings. The maximum atomic E-state index is 12.6. The van der Waals surface area contributed by atoms with Gasteiger partial charge in [-0.2, -0.15) is 0 Å². The predicted octanol–water partition coefficient (Wildman–Crippen LogP) is -1.36. The Morgan fingerprint density at radius 2 is 2.04 bits per heavy atom. The Bertz CT molecular complexity index is 787. The summed E-state index contributed by atoms with van der Waals surface area (Å²) < 4.78 is 31.8. The fourth-order valence-corrected chi connectivity index (χ4v) is 4.68. The van der Waals surface area contributed by atoms with Crippen LogP contribution in [-0.4, -0.2) is 56.5 Å². The van der Waals surface area contributed by atoms with Crippen molar-refractivity contribution in [1.82, 2.24) is 14.8 Å². The number of hydrogen-bond donors (Lipinski definition) is 2. The average Bonchev–Trinajstić information content (AvgIpc) is 3.14. The van der Waals surface area contributed by atoms with Gasteiger partial charge in [-0.3, -0.25) is 0 Å². The van der Waals surface area contributed by atoms with Crippen LogP contribution in [0.15, 0.2) is 30.6 Å². The van der Waals surface area contributed by atoms with Gasteiger partial charge in [-0.05, 0) is 0 Å². The van der Waals surface area contributed by atoms with Gasteiger partial charge in [0.1, 0.15) is 0 Å². The van der Waals surface area contributed by atoms with E-state index in [4.69, 9.17) is 9.84 Å². The van der Waals surface area contributed by atoms with E-state index in [1.165, 1.54) is 23.1 Å². The number of aliphatic hydroxyl groups excluding tert-OH is 2. The van der Waals surface area contributed by atoms with E-state index >= 15 is 0 Å². The van der Waals surface area contributed by atoms with Crippen molar-refractivity contribution in [3.05, 3.63) is 36.2 Å². The van der Waals surface area contributed by atoms with Gasteiger partial charge >= 0.3 is 134 Å². The zero-order chi connectivity index (χ0) is 16.6. The van der Waals surface area contributed by atoms with Crippen LogP contribution in [0.2, 0.25) is 0 Å². The normalized spacial score (nSPS) is 24.9. The molecule has 0 saturated carbocycles. The van der Waals surface area contributed by atoms with Crippen molar-refractivity contribution in [2.75, 3.05) is 6.61 Å². The van der Waals surface area contributed by atoms with Crippen molar-refractivity contribution in [1.29, 1.82) is 0 Å². The Kier molecular flexibility index (Phi) is 4.31. The number of benzene rings is 1. The summed E-state index contributed by atoms with van der Waals surface area (Å²) in [6.45, 7) is 1.56. The van der Waals surface area contributed by atoms with Crippen LogP contribution in [0.25, 0.3) is 0 Å². The number of aryl methyl sites for hydroxylation is 1. The van der Waals surface area contributed by atoms with E-state index in [9.17, 15) is 12.8 Å². The van der Waals surface area contributed by atoms with Crippen molar-refractivity contribution < 1.29 is 22.6 Å². The van der Waals surface area contributed by atoms with Gasteiger partial charge < -0.3 is 0 Å². The Labute approximate surface area is 134 Å². The van der Waals surface area contributed by atoms with E-state index in [2.05, 4.69) is 10.1 Å². The Hall–Kier alpha value is -1.64. The van der Waals surface area contributed by atoms with Gasteiger partial charge in [0, 0.05) is 0 Å². The Morgan fingerprint density at radius 3 is 2.65 bits per heavy atom. The third-order valence-corrected chi connectivity index (χ3v) is 7.01. The first-order valence-electron chi connectivity index (χ1n) is 7.09. The van der Waals surface area contributed by atoms with Crippen LogP contribution in [0.5, 0.6) is 0 Å². The molecule has 1 saturated heterocycles. The second kappa shape index (κ2) is 6.10. The zero-order valence-corrected chi connectivity index (χ0v) is 14.1. The van der Waals surface area contributed by atoms with E-state index in [1.807, 2.05) is 6.92 Å². The summed E-state index contributed by atoms with van der Waals surface area (Å²) in [5, 5.41) is 22.8. The summed E-state index contributed by atoms with van der Waals surface area (Å²) >= 11 is -4.67. The molecule has 1 fully saturated rings. The van der Waals surface area contributed by atoms with Crippen molar-refractivity contribution in [2.45, 2.75) is 31.8 Å². The molecule has 1 aromatic carbocycles. The number of hydrogen-bond acceptors (Lipinski definition) is 7.